The Morgan fingerprint density at radius 1 is 1.22 bits per heavy atom. The van der Waals surface area contributed by atoms with Crippen LogP contribution >= 0.6 is 0 Å². The topological polar surface area (TPSA) is 118 Å². The monoisotopic (exact) mass is 498 g/mol. The maximum Gasteiger partial charge on any atom is 0.414 e. The number of hydrogen-bond acceptors (Lipinski definition) is 8. The average Bonchev–Trinajstić information content (AvgIpc) is 3.50. The fourth-order valence-electron chi connectivity index (χ4n) is 4.42. The van der Waals surface area contributed by atoms with Gasteiger partial charge in [0.1, 0.15) is 11.8 Å². The van der Waals surface area contributed by atoms with E-state index in [0.29, 0.717) is 31.8 Å². The van der Waals surface area contributed by atoms with Crippen LogP contribution in [-0.4, -0.2) is 69.5 Å². The SMILES string of the molecule is CC(=O)NCC1CN(c2cc(F)c(N3CCC(n4nnc(-c5cccnc5)n4)CC3)c(F)c2)C(=O)O1. The number of tetrazole rings is 1. The lowest BCUT2D eigenvalue weighted by atomic mass is 10.0. The third-order valence-corrected chi connectivity index (χ3v) is 6.22. The molecule has 13 heteroatoms. The Hall–Kier alpha value is -4.16. The van der Waals surface area contributed by atoms with Gasteiger partial charge >= 0.3 is 6.09 Å². The van der Waals surface area contributed by atoms with Crippen molar-refractivity contribution in [1.82, 2.24) is 30.5 Å². The minimum atomic E-state index is -0.765. The number of hydrogen-bond donors (Lipinski definition) is 1. The van der Waals surface area contributed by atoms with Crippen molar-refractivity contribution in [2.75, 3.05) is 36.0 Å². The van der Waals surface area contributed by atoms with Crippen molar-refractivity contribution in [2.24, 2.45) is 0 Å². The lowest BCUT2D eigenvalue weighted by Gasteiger charge is -2.33. The van der Waals surface area contributed by atoms with Crippen molar-refractivity contribution in [3.63, 3.8) is 0 Å². The maximum absolute atomic E-state index is 15.1. The third-order valence-electron chi connectivity index (χ3n) is 6.22. The molecule has 2 aliphatic rings. The zero-order valence-corrected chi connectivity index (χ0v) is 19.5. The van der Waals surface area contributed by atoms with E-state index in [-0.39, 0.29) is 36.4 Å². The number of cyclic esters (lactones) is 1. The molecule has 0 spiro atoms. The van der Waals surface area contributed by atoms with Gasteiger partial charge in [-0.25, -0.2) is 13.6 Å². The first-order valence-corrected chi connectivity index (χ1v) is 11.6. The zero-order chi connectivity index (χ0) is 25.2. The van der Waals surface area contributed by atoms with E-state index in [0.717, 1.165) is 22.6 Å². The van der Waals surface area contributed by atoms with E-state index in [1.54, 1.807) is 28.2 Å². The lowest BCUT2D eigenvalue weighted by molar-refractivity contribution is -0.119. The molecule has 11 nitrogen and oxygen atoms in total. The minimum absolute atomic E-state index is 0.0514. The fourth-order valence-corrected chi connectivity index (χ4v) is 4.42. The predicted octanol–water partition coefficient (Wildman–Crippen LogP) is 2.32. The molecular formula is C23H24F2N8O3. The smallest absolute Gasteiger partial charge is 0.414 e. The highest BCUT2D eigenvalue weighted by Gasteiger charge is 2.34. The summed E-state index contributed by atoms with van der Waals surface area (Å²) >= 11 is 0. The average molecular weight is 498 g/mol. The van der Waals surface area contributed by atoms with E-state index in [9.17, 15) is 9.59 Å². The predicted molar refractivity (Wildman–Crippen MR) is 124 cm³/mol. The highest BCUT2D eigenvalue weighted by Crippen LogP contribution is 2.34. The Balaban J connectivity index is 1.24. The van der Waals surface area contributed by atoms with Crippen LogP contribution in [0.2, 0.25) is 0 Å². The minimum Gasteiger partial charge on any atom is -0.442 e. The first kappa shape index (κ1) is 23.6. The zero-order valence-electron chi connectivity index (χ0n) is 19.5. The van der Waals surface area contributed by atoms with Gasteiger partial charge in [0.05, 0.1) is 24.8 Å². The van der Waals surface area contributed by atoms with Gasteiger partial charge in [-0.05, 0) is 30.2 Å². The Labute approximate surface area is 205 Å². The number of ether oxygens (including phenoxy) is 1. The molecule has 4 heterocycles. The number of rotatable bonds is 6. The van der Waals surface area contributed by atoms with Gasteiger partial charge in [0.2, 0.25) is 11.7 Å². The van der Waals surface area contributed by atoms with Crippen LogP contribution in [-0.2, 0) is 9.53 Å². The van der Waals surface area contributed by atoms with Crippen LogP contribution in [0.25, 0.3) is 11.4 Å². The molecule has 3 aromatic rings. The van der Waals surface area contributed by atoms with Gasteiger partial charge in [-0.1, -0.05) is 0 Å². The Morgan fingerprint density at radius 3 is 2.64 bits per heavy atom. The number of carbonyl (C=O) groups excluding carboxylic acids is 2. The fraction of sp³-hybridized carbons (Fsp3) is 0.391. The summed E-state index contributed by atoms with van der Waals surface area (Å²) in [4.78, 5) is 31.7. The van der Waals surface area contributed by atoms with E-state index in [1.165, 1.54) is 6.92 Å². The number of aromatic nitrogens is 5. The summed E-state index contributed by atoms with van der Waals surface area (Å²) in [5, 5.41) is 15.2. The van der Waals surface area contributed by atoms with Crippen LogP contribution in [0, 0.1) is 11.6 Å². The molecule has 0 saturated carbocycles. The number of benzene rings is 1. The molecule has 188 valence electrons. The van der Waals surface area contributed by atoms with Crippen molar-refractivity contribution in [1.29, 1.82) is 0 Å². The third kappa shape index (κ3) is 4.81. The maximum atomic E-state index is 15.1. The second-order valence-corrected chi connectivity index (χ2v) is 8.70. The molecule has 2 amide bonds. The summed E-state index contributed by atoms with van der Waals surface area (Å²) < 4.78 is 35.3. The summed E-state index contributed by atoms with van der Waals surface area (Å²) in [5.74, 6) is -1.32. The van der Waals surface area contributed by atoms with Crippen LogP contribution in [0.1, 0.15) is 25.8 Å². The van der Waals surface area contributed by atoms with Gasteiger partial charge in [-0.15, -0.1) is 10.2 Å². The molecule has 2 aliphatic heterocycles. The van der Waals surface area contributed by atoms with Crippen LogP contribution in [0.15, 0.2) is 36.7 Å². The summed E-state index contributed by atoms with van der Waals surface area (Å²) in [6, 6.07) is 5.85. The van der Waals surface area contributed by atoms with E-state index in [2.05, 4.69) is 25.7 Å². The number of nitrogens with zero attached hydrogens (tertiary/aromatic N) is 7. The first-order chi connectivity index (χ1) is 17.4. The number of pyridine rings is 1. The molecule has 36 heavy (non-hydrogen) atoms. The van der Waals surface area contributed by atoms with E-state index < -0.39 is 23.8 Å². The highest BCUT2D eigenvalue weighted by atomic mass is 19.1. The van der Waals surface area contributed by atoms with E-state index >= 15 is 8.78 Å². The van der Waals surface area contributed by atoms with Crippen molar-refractivity contribution >= 4 is 23.4 Å². The molecule has 5 rings (SSSR count). The number of amides is 2. The molecule has 0 radical (unpaired) electrons. The molecule has 1 aromatic carbocycles. The Kier molecular flexibility index (Phi) is 6.44. The molecule has 2 saturated heterocycles. The molecule has 1 atom stereocenters. The van der Waals surface area contributed by atoms with Gasteiger partial charge in [-0.2, -0.15) is 4.80 Å². The summed E-state index contributed by atoms with van der Waals surface area (Å²) in [5.41, 5.74) is 0.685. The highest BCUT2D eigenvalue weighted by molar-refractivity contribution is 5.90. The van der Waals surface area contributed by atoms with Gasteiger partial charge in [0.25, 0.3) is 0 Å². The number of anilines is 2. The normalized spacial score (nSPS) is 18.4. The van der Waals surface area contributed by atoms with Crippen LogP contribution in [0.3, 0.4) is 0 Å². The molecule has 1 unspecified atom stereocenters. The van der Waals surface area contributed by atoms with Crippen molar-refractivity contribution in [3.8, 4) is 11.4 Å². The number of piperidine rings is 1. The lowest BCUT2D eigenvalue weighted by Crippen LogP contribution is -2.36. The second-order valence-electron chi connectivity index (χ2n) is 8.70. The molecule has 0 bridgehead atoms. The first-order valence-electron chi connectivity index (χ1n) is 11.6. The standard InChI is InChI=1S/C23H24F2N8O3/c1-14(34)27-12-18-13-32(23(35)36-18)17-9-19(24)21(20(25)10-17)31-7-4-16(5-8-31)33-29-22(28-30-33)15-3-2-6-26-11-15/h2-3,6,9-11,16,18H,4-5,7-8,12-13H2,1H3,(H,27,34). The second kappa shape index (κ2) is 9.84. The number of nitrogens with one attached hydrogen (secondary N) is 1. The van der Waals surface area contributed by atoms with Crippen LogP contribution in [0.5, 0.6) is 0 Å². The molecule has 2 fully saturated rings. The van der Waals surface area contributed by atoms with Gasteiger partial charge in [0, 0.05) is 50.1 Å². The quantitative estimate of drug-likeness (QED) is 0.550. The molecule has 1 N–H and O–H groups in total. The number of carbonyl (C=O) groups is 2. The van der Waals surface area contributed by atoms with Crippen molar-refractivity contribution < 1.29 is 23.1 Å². The Bertz CT molecular complexity index is 1240. The van der Waals surface area contributed by atoms with Crippen LogP contribution < -0.4 is 15.1 Å². The van der Waals surface area contributed by atoms with Gasteiger partial charge in [0.15, 0.2) is 11.6 Å². The Morgan fingerprint density at radius 2 is 1.97 bits per heavy atom. The molecule has 0 aliphatic carbocycles. The van der Waals surface area contributed by atoms with Gasteiger partial charge in [-0.3, -0.25) is 14.7 Å². The summed E-state index contributed by atoms with van der Waals surface area (Å²) in [6.45, 7) is 2.34. The van der Waals surface area contributed by atoms with E-state index in [4.69, 9.17) is 4.74 Å². The summed E-state index contributed by atoms with van der Waals surface area (Å²) in [7, 11) is 0. The van der Waals surface area contributed by atoms with Crippen LogP contribution in [0.4, 0.5) is 25.0 Å². The van der Waals surface area contributed by atoms with Crippen molar-refractivity contribution in [3.05, 3.63) is 48.3 Å². The number of halogens is 2. The van der Waals surface area contributed by atoms with Crippen molar-refractivity contribution in [2.45, 2.75) is 31.9 Å². The summed E-state index contributed by atoms with van der Waals surface area (Å²) in [6.07, 6.45) is 3.15. The molecule has 2 aromatic heterocycles. The van der Waals surface area contributed by atoms with Gasteiger partial charge < -0.3 is 15.0 Å². The van der Waals surface area contributed by atoms with E-state index in [1.807, 2.05) is 6.07 Å². The molecular weight excluding hydrogens is 474 g/mol. The largest absolute Gasteiger partial charge is 0.442 e.